The van der Waals surface area contributed by atoms with Crippen molar-refractivity contribution in [2.75, 3.05) is 0 Å². The summed E-state index contributed by atoms with van der Waals surface area (Å²) in [4.78, 5) is 24.2. The zero-order chi connectivity index (χ0) is 18.4. The van der Waals surface area contributed by atoms with E-state index >= 15 is 0 Å². The number of rotatable bonds is 7. The lowest BCUT2D eigenvalue weighted by molar-refractivity contribution is -0.129. The van der Waals surface area contributed by atoms with Crippen LogP contribution in [0.2, 0.25) is 0 Å². The number of esters is 1. The van der Waals surface area contributed by atoms with E-state index in [1.54, 1.807) is 25.1 Å². The number of ether oxygens (including phenoxy) is 1. The second-order valence-electron chi connectivity index (χ2n) is 5.86. The maximum Gasteiger partial charge on any atom is 0.359 e. The molecule has 0 radical (unpaired) electrons. The Kier molecular flexibility index (Phi) is 6.27. The van der Waals surface area contributed by atoms with Gasteiger partial charge >= 0.3 is 5.97 Å². The molecule has 0 aliphatic heterocycles. The Bertz CT molecular complexity index is 727. The number of halogens is 1. The summed E-state index contributed by atoms with van der Waals surface area (Å²) in [6.07, 6.45) is 0.740. The fraction of sp³-hybridized carbons (Fsp3) is 0.389. The van der Waals surface area contributed by atoms with Crippen LogP contribution in [0, 0.1) is 5.82 Å². The molecule has 0 aliphatic carbocycles. The van der Waals surface area contributed by atoms with E-state index in [-0.39, 0.29) is 17.6 Å². The van der Waals surface area contributed by atoms with Crippen LogP contribution in [0.1, 0.15) is 55.0 Å². The molecule has 0 spiro atoms. The maximum absolute atomic E-state index is 12.9. The van der Waals surface area contributed by atoms with Gasteiger partial charge in [-0.05, 0) is 44.0 Å². The van der Waals surface area contributed by atoms with E-state index in [0.717, 1.165) is 24.1 Å². The highest BCUT2D eigenvalue weighted by molar-refractivity contribution is 5.90. The summed E-state index contributed by atoms with van der Waals surface area (Å²) in [6.45, 7) is 5.28. The highest BCUT2D eigenvalue weighted by Crippen LogP contribution is 2.13. The summed E-state index contributed by atoms with van der Waals surface area (Å²) >= 11 is 0. The van der Waals surface area contributed by atoms with Gasteiger partial charge in [0.15, 0.2) is 11.8 Å². The van der Waals surface area contributed by atoms with Crippen LogP contribution in [-0.4, -0.2) is 28.2 Å². The van der Waals surface area contributed by atoms with E-state index in [1.807, 2.05) is 6.92 Å². The minimum absolute atomic E-state index is 0.148. The third-order valence-corrected chi connectivity index (χ3v) is 3.74. The van der Waals surface area contributed by atoms with Gasteiger partial charge in [-0.2, -0.15) is 5.10 Å². The molecule has 0 aliphatic rings. The molecule has 1 aromatic carbocycles. The van der Waals surface area contributed by atoms with Crippen molar-refractivity contribution in [3.8, 4) is 0 Å². The first kappa shape index (κ1) is 18.6. The van der Waals surface area contributed by atoms with Gasteiger partial charge in [-0.3, -0.25) is 9.89 Å². The van der Waals surface area contributed by atoms with Gasteiger partial charge < -0.3 is 10.1 Å². The quantitative estimate of drug-likeness (QED) is 0.754. The summed E-state index contributed by atoms with van der Waals surface area (Å²) in [5.41, 5.74) is 1.75. The lowest BCUT2D eigenvalue weighted by atomic mass is 10.1. The first-order chi connectivity index (χ1) is 11.9. The minimum atomic E-state index is -0.971. The minimum Gasteiger partial charge on any atom is -0.448 e. The van der Waals surface area contributed by atoms with Crippen LogP contribution in [0.4, 0.5) is 4.39 Å². The lowest BCUT2D eigenvalue weighted by Gasteiger charge is -2.18. The zero-order valence-electron chi connectivity index (χ0n) is 14.5. The highest BCUT2D eigenvalue weighted by Gasteiger charge is 2.22. The molecule has 1 heterocycles. The fourth-order valence-corrected chi connectivity index (χ4v) is 2.30. The number of benzene rings is 1. The second kappa shape index (κ2) is 8.41. The van der Waals surface area contributed by atoms with Crippen molar-refractivity contribution in [2.45, 2.75) is 45.8 Å². The van der Waals surface area contributed by atoms with Crippen LogP contribution in [0.5, 0.6) is 0 Å². The standard InChI is InChI=1S/C18H22FN3O3/c1-4-5-15-10-16(22-21-15)18(24)25-12(3)17(23)20-11(2)13-6-8-14(19)9-7-13/h6-12H,4-5H2,1-3H3,(H,20,23)(H,21,22). The van der Waals surface area contributed by atoms with Gasteiger partial charge in [0.1, 0.15) is 5.82 Å². The van der Waals surface area contributed by atoms with Gasteiger partial charge in [0.25, 0.3) is 5.91 Å². The van der Waals surface area contributed by atoms with Gasteiger partial charge in [-0.15, -0.1) is 0 Å². The van der Waals surface area contributed by atoms with Crippen molar-refractivity contribution in [1.29, 1.82) is 0 Å². The Morgan fingerprint density at radius 3 is 2.60 bits per heavy atom. The molecule has 1 aromatic heterocycles. The summed E-state index contributed by atoms with van der Waals surface area (Å²) in [7, 11) is 0. The molecule has 2 atom stereocenters. The smallest absolute Gasteiger partial charge is 0.359 e. The number of hydrogen-bond donors (Lipinski definition) is 2. The van der Waals surface area contributed by atoms with Crippen LogP contribution in [0.15, 0.2) is 30.3 Å². The molecule has 6 nitrogen and oxygen atoms in total. The molecular formula is C18H22FN3O3. The van der Waals surface area contributed by atoms with E-state index in [4.69, 9.17) is 4.74 Å². The van der Waals surface area contributed by atoms with Crippen molar-refractivity contribution >= 4 is 11.9 Å². The SMILES string of the molecule is CCCc1cc(C(=O)OC(C)C(=O)NC(C)c2ccc(F)cc2)n[nH]1. The van der Waals surface area contributed by atoms with Gasteiger partial charge in [0, 0.05) is 5.69 Å². The number of aromatic nitrogens is 2. The number of nitrogens with zero attached hydrogens (tertiary/aromatic N) is 1. The van der Waals surface area contributed by atoms with Crippen LogP contribution in [0.25, 0.3) is 0 Å². The molecular weight excluding hydrogens is 325 g/mol. The lowest BCUT2D eigenvalue weighted by Crippen LogP contribution is -2.37. The number of carbonyl (C=O) groups is 2. The van der Waals surface area contributed by atoms with E-state index in [0.29, 0.717) is 0 Å². The first-order valence-electron chi connectivity index (χ1n) is 8.21. The van der Waals surface area contributed by atoms with Crippen LogP contribution in [-0.2, 0) is 16.0 Å². The molecule has 2 unspecified atom stereocenters. The van der Waals surface area contributed by atoms with Crippen LogP contribution >= 0.6 is 0 Å². The molecule has 0 fully saturated rings. The molecule has 0 saturated carbocycles. The third kappa shape index (κ3) is 5.14. The van der Waals surface area contributed by atoms with Crippen molar-refractivity contribution in [2.24, 2.45) is 0 Å². The number of aryl methyl sites for hydroxylation is 1. The predicted molar refractivity (Wildman–Crippen MR) is 90.4 cm³/mol. The maximum atomic E-state index is 12.9. The van der Waals surface area contributed by atoms with Crippen LogP contribution in [0.3, 0.4) is 0 Å². The topological polar surface area (TPSA) is 84.1 Å². The molecule has 134 valence electrons. The zero-order valence-corrected chi connectivity index (χ0v) is 14.5. The van der Waals surface area contributed by atoms with Gasteiger partial charge in [-0.1, -0.05) is 25.5 Å². The Morgan fingerprint density at radius 1 is 1.28 bits per heavy atom. The summed E-state index contributed by atoms with van der Waals surface area (Å²) in [5, 5.41) is 9.39. The third-order valence-electron chi connectivity index (χ3n) is 3.74. The van der Waals surface area contributed by atoms with E-state index < -0.39 is 18.0 Å². The molecule has 0 bridgehead atoms. The fourth-order valence-electron chi connectivity index (χ4n) is 2.30. The monoisotopic (exact) mass is 347 g/mol. The second-order valence-corrected chi connectivity index (χ2v) is 5.86. The molecule has 2 N–H and O–H groups in total. The average molecular weight is 347 g/mol. The molecule has 2 aromatic rings. The molecule has 0 saturated heterocycles. The number of H-pyrrole nitrogens is 1. The predicted octanol–water partition coefficient (Wildman–Crippen LogP) is 2.92. The van der Waals surface area contributed by atoms with Crippen molar-refractivity contribution < 1.29 is 18.7 Å². The molecule has 7 heteroatoms. The highest BCUT2D eigenvalue weighted by atomic mass is 19.1. The molecule has 1 amide bonds. The number of aromatic amines is 1. The van der Waals surface area contributed by atoms with Gasteiger partial charge in [0.05, 0.1) is 6.04 Å². The number of nitrogens with one attached hydrogen (secondary N) is 2. The van der Waals surface area contributed by atoms with Gasteiger partial charge in [0.2, 0.25) is 0 Å². The summed E-state index contributed by atoms with van der Waals surface area (Å²) in [5.74, 6) is -1.43. The Labute approximate surface area is 145 Å². The Morgan fingerprint density at radius 2 is 1.96 bits per heavy atom. The summed E-state index contributed by atoms with van der Waals surface area (Å²) in [6, 6.07) is 7.12. The molecule has 25 heavy (non-hydrogen) atoms. The summed E-state index contributed by atoms with van der Waals surface area (Å²) < 4.78 is 18.1. The normalized spacial score (nSPS) is 13.1. The van der Waals surface area contributed by atoms with Gasteiger partial charge in [-0.25, -0.2) is 9.18 Å². The number of hydrogen-bond acceptors (Lipinski definition) is 4. The Hall–Kier alpha value is -2.70. The Balaban J connectivity index is 1.90. The van der Waals surface area contributed by atoms with Crippen molar-refractivity contribution in [3.05, 3.63) is 53.1 Å². The van der Waals surface area contributed by atoms with E-state index in [9.17, 15) is 14.0 Å². The largest absolute Gasteiger partial charge is 0.448 e. The van der Waals surface area contributed by atoms with E-state index in [2.05, 4.69) is 15.5 Å². The first-order valence-corrected chi connectivity index (χ1v) is 8.21. The van der Waals surface area contributed by atoms with E-state index in [1.165, 1.54) is 19.1 Å². The van der Waals surface area contributed by atoms with Crippen molar-refractivity contribution in [1.82, 2.24) is 15.5 Å². The van der Waals surface area contributed by atoms with Crippen molar-refractivity contribution in [3.63, 3.8) is 0 Å². The number of carbonyl (C=O) groups excluding carboxylic acids is 2. The van der Waals surface area contributed by atoms with Crippen LogP contribution < -0.4 is 5.32 Å². The average Bonchev–Trinajstić information content (AvgIpc) is 3.04. The molecule has 2 rings (SSSR count). The number of amides is 1.